The quantitative estimate of drug-likeness (QED) is 0.793. The highest BCUT2D eigenvalue weighted by Crippen LogP contribution is 2.23. The number of morpholine rings is 1. The predicted octanol–water partition coefficient (Wildman–Crippen LogP) is 2.64. The minimum Gasteiger partial charge on any atom is -0.439 e. The molecule has 0 radical (unpaired) electrons. The van der Waals surface area contributed by atoms with Gasteiger partial charge in [-0.05, 0) is 12.1 Å². The average Bonchev–Trinajstić information content (AvgIpc) is 3.21. The molecule has 1 N–H and O–H groups in total. The van der Waals surface area contributed by atoms with Gasteiger partial charge in [0.2, 0.25) is 5.89 Å². The SMILES string of the molecule is CC(C)c1n[nH]c([C@H]2CN(Cc3nc4ccccc4o3)CCO2)n1. The predicted molar refractivity (Wildman–Crippen MR) is 88.5 cm³/mol. The largest absolute Gasteiger partial charge is 0.439 e. The molecule has 7 heteroatoms. The van der Waals surface area contributed by atoms with E-state index in [0.29, 0.717) is 19.1 Å². The third-order valence-corrected chi connectivity index (χ3v) is 4.19. The summed E-state index contributed by atoms with van der Waals surface area (Å²) >= 11 is 0. The van der Waals surface area contributed by atoms with Crippen LogP contribution >= 0.6 is 0 Å². The van der Waals surface area contributed by atoms with Crippen LogP contribution in [0.15, 0.2) is 28.7 Å². The average molecular weight is 327 g/mol. The van der Waals surface area contributed by atoms with Crippen molar-refractivity contribution in [3.05, 3.63) is 41.8 Å². The zero-order chi connectivity index (χ0) is 16.5. The fraction of sp³-hybridized carbons (Fsp3) is 0.471. The van der Waals surface area contributed by atoms with Crippen LogP contribution in [0.1, 0.15) is 43.4 Å². The molecule has 0 saturated carbocycles. The van der Waals surface area contributed by atoms with Gasteiger partial charge in [0.1, 0.15) is 11.6 Å². The second kappa shape index (κ2) is 6.33. The number of oxazole rings is 1. The minimum absolute atomic E-state index is 0.0943. The summed E-state index contributed by atoms with van der Waals surface area (Å²) in [6, 6.07) is 7.83. The molecule has 1 saturated heterocycles. The van der Waals surface area contributed by atoms with E-state index in [1.165, 1.54) is 0 Å². The Bertz CT molecular complexity index is 792. The molecular weight excluding hydrogens is 306 g/mol. The second-order valence-corrected chi connectivity index (χ2v) is 6.40. The van der Waals surface area contributed by atoms with Gasteiger partial charge in [0, 0.05) is 19.0 Å². The van der Waals surface area contributed by atoms with Crippen molar-refractivity contribution in [3.8, 4) is 0 Å². The summed E-state index contributed by atoms with van der Waals surface area (Å²) in [5, 5.41) is 7.27. The van der Waals surface area contributed by atoms with Crippen LogP contribution in [0.4, 0.5) is 0 Å². The molecule has 0 aliphatic carbocycles. The first-order chi connectivity index (χ1) is 11.7. The van der Waals surface area contributed by atoms with E-state index < -0.39 is 0 Å². The van der Waals surface area contributed by atoms with E-state index in [4.69, 9.17) is 9.15 Å². The van der Waals surface area contributed by atoms with Gasteiger partial charge in [0.15, 0.2) is 17.2 Å². The first-order valence-electron chi connectivity index (χ1n) is 8.29. The van der Waals surface area contributed by atoms with E-state index in [2.05, 4.69) is 38.9 Å². The summed E-state index contributed by atoms with van der Waals surface area (Å²) in [5.74, 6) is 2.65. The van der Waals surface area contributed by atoms with Crippen LogP contribution in [0.3, 0.4) is 0 Å². The van der Waals surface area contributed by atoms with Crippen molar-refractivity contribution in [1.29, 1.82) is 0 Å². The highest BCUT2D eigenvalue weighted by Gasteiger charge is 2.26. The molecule has 1 aliphatic heterocycles. The monoisotopic (exact) mass is 327 g/mol. The molecule has 2 aromatic heterocycles. The Kier molecular flexibility index (Phi) is 4.03. The third-order valence-electron chi connectivity index (χ3n) is 4.19. The lowest BCUT2D eigenvalue weighted by atomic mass is 10.2. The lowest BCUT2D eigenvalue weighted by molar-refractivity contribution is -0.0391. The number of para-hydroxylation sites is 2. The molecule has 126 valence electrons. The number of nitrogens with zero attached hydrogens (tertiary/aromatic N) is 4. The third kappa shape index (κ3) is 3.05. The van der Waals surface area contributed by atoms with Crippen molar-refractivity contribution in [3.63, 3.8) is 0 Å². The smallest absolute Gasteiger partial charge is 0.209 e. The Labute approximate surface area is 140 Å². The summed E-state index contributed by atoms with van der Waals surface area (Å²) in [6.07, 6.45) is -0.0943. The van der Waals surface area contributed by atoms with E-state index in [1.807, 2.05) is 24.3 Å². The van der Waals surface area contributed by atoms with Crippen molar-refractivity contribution < 1.29 is 9.15 Å². The van der Waals surface area contributed by atoms with E-state index in [9.17, 15) is 0 Å². The zero-order valence-corrected chi connectivity index (χ0v) is 13.9. The van der Waals surface area contributed by atoms with Gasteiger partial charge < -0.3 is 9.15 Å². The second-order valence-electron chi connectivity index (χ2n) is 6.40. The number of ether oxygens (including phenoxy) is 1. The van der Waals surface area contributed by atoms with Gasteiger partial charge in [-0.25, -0.2) is 9.97 Å². The Morgan fingerprint density at radius 2 is 2.17 bits per heavy atom. The van der Waals surface area contributed by atoms with Gasteiger partial charge >= 0.3 is 0 Å². The molecule has 7 nitrogen and oxygen atoms in total. The van der Waals surface area contributed by atoms with Crippen molar-refractivity contribution in [2.45, 2.75) is 32.4 Å². The summed E-state index contributed by atoms with van der Waals surface area (Å²) in [5.41, 5.74) is 1.73. The summed E-state index contributed by atoms with van der Waals surface area (Å²) in [6.45, 7) is 7.07. The van der Waals surface area contributed by atoms with Crippen molar-refractivity contribution in [2.24, 2.45) is 0 Å². The number of fused-ring (bicyclic) bond motifs is 1. The summed E-state index contributed by atoms with van der Waals surface area (Å²) in [7, 11) is 0. The van der Waals surface area contributed by atoms with Gasteiger partial charge in [0.25, 0.3) is 0 Å². The van der Waals surface area contributed by atoms with E-state index in [0.717, 1.165) is 41.7 Å². The summed E-state index contributed by atoms with van der Waals surface area (Å²) < 4.78 is 11.7. The van der Waals surface area contributed by atoms with Crippen LogP contribution in [0.25, 0.3) is 11.1 Å². The maximum Gasteiger partial charge on any atom is 0.209 e. The molecule has 1 aromatic carbocycles. The van der Waals surface area contributed by atoms with Gasteiger partial charge in [-0.2, -0.15) is 5.10 Å². The molecule has 1 fully saturated rings. The van der Waals surface area contributed by atoms with Crippen LogP contribution in [0, 0.1) is 0 Å². The first kappa shape index (κ1) is 15.3. The molecule has 4 rings (SSSR count). The minimum atomic E-state index is -0.0943. The topological polar surface area (TPSA) is 80.1 Å². The lowest BCUT2D eigenvalue weighted by Crippen LogP contribution is -2.38. The number of hydrogen-bond acceptors (Lipinski definition) is 6. The molecule has 3 aromatic rings. The van der Waals surface area contributed by atoms with E-state index in [-0.39, 0.29) is 6.10 Å². The number of nitrogens with one attached hydrogen (secondary N) is 1. The van der Waals surface area contributed by atoms with Crippen molar-refractivity contribution in [2.75, 3.05) is 19.7 Å². The van der Waals surface area contributed by atoms with Crippen LogP contribution in [-0.4, -0.2) is 44.8 Å². The van der Waals surface area contributed by atoms with Gasteiger partial charge in [0.05, 0.1) is 13.2 Å². The number of benzene rings is 1. The van der Waals surface area contributed by atoms with Crippen molar-refractivity contribution >= 4 is 11.1 Å². The summed E-state index contributed by atoms with van der Waals surface area (Å²) in [4.78, 5) is 11.4. The zero-order valence-electron chi connectivity index (χ0n) is 13.9. The molecule has 0 amide bonds. The van der Waals surface area contributed by atoms with Crippen molar-refractivity contribution in [1.82, 2.24) is 25.1 Å². The van der Waals surface area contributed by atoms with Gasteiger partial charge in [-0.1, -0.05) is 26.0 Å². The molecule has 24 heavy (non-hydrogen) atoms. The lowest BCUT2D eigenvalue weighted by Gasteiger charge is -2.30. The fourth-order valence-electron chi connectivity index (χ4n) is 2.88. The highest BCUT2D eigenvalue weighted by molar-refractivity contribution is 5.72. The Hall–Kier alpha value is -2.25. The van der Waals surface area contributed by atoms with E-state index >= 15 is 0 Å². The Morgan fingerprint density at radius 1 is 1.29 bits per heavy atom. The molecular formula is C17H21N5O2. The Morgan fingerprint density at radius 3 is 2.96 bits per heavy atom. The number of aromatic amines is 1. The fourth-order valence-corrected chi connectivity index (χ4v) is 2.88. The maximum absolute atomic E-state index is 5.86. The molecule has 1 aliphatic rings. The molecule has 3 heterocycles. The molecule has 1 atom stereocenters. The Balaban J connectivity index is 1.46. The molecule has 0 unspecified atom stereocenters. The molecule has 0 bridgehead atoms. The highest BCUT2D eigenvalue weighted by atomic mass is 16.5. The van der Waals surface area contributed by atoms with Crippen LogP contribution < -0.4 is 0 Å². The maximum atomic E-state index is 5.86. The molecule has 0 spiro atoms. The van der Waals surface area contributed by atoms with Crippen LogP contribution in [0.5, 0.6) is 0 Å². The van der Waals surface area contributed by atoms with Gasteiger partial charge in [-0.3, -0.25) is 10.00 Å². The van der Waals surface area contributed by atoms with E-state index in [1.54, 1.807) is 0 Å². The first-order valence-corrected chi connectivity index (χ1v) is 8.29. The van der Waals surface area contributed by atoms with Crippen LogP contribution in [0.2, 0.25) is 0 Å². The number of rotatable bonds is 4. The number of H-pyrrole nitrogens is 1. The number of hydrogen-bond donors (Lipinski definition) is 1. The normalized spacial score (nSPS) is 19.4. The standard InChI is InChI=1S/C17H21N5O2/c1-11(2)16-19-17(21-20-16)14-9-22(7-8-23-14)10-15-18-12-5-3-4-6-13(12)24-15/h3-6,11,14H,7-10H2,1-2H3,(H,19,20,21)/t14-/m1/s1. The van der Waals surface area contributed by atoms with Crippen LogP contribution in [-0.2, 0) is 11.3 Å². The number of aromatic nitrogens is 4. The van der Waals surface area contributed by atoms with Gasteiger partial charge in [-0.15, -0.1) is 0 Å².